The Kier molecular flexibility index (Phi) is 7.73. The van der Waals surface area contributed by atoms with Gasteiger partial charge in [0.1, 0.15) is 5.82 Å². The lowest BCUT2D eigenvalue weighted by Crippen LogP contribution is -2.33. The highest BCUT2D eigenvalue weighted by Crippen LogP contribution is 2.29. The third-order valence-corrected chi connectivity index (χ3v) is 4.28. The first-order valence-electron chi connectivity index (χ1n) is 8.40. The molecule has 0 aliphatic heterocycles. The third kappa shape index (κ3) is 4.99. The molecule has 120 valence electrons. The number of hydrogen-bond acceptors (Lipinski definition) is 3. The van der Waals surface area contributed by atoms with Crippen molar-refractivity contribution in [2.45, 2.75) is 65.5 Å². The predicted octanol–water partition coefficient (Wildman–Crippen LogP) is 3.98. The molecule has 1 N–H and O–H groups in total. The van der Waals surface area contributed by atoms with Crippen molar-refractivity contribution in [3.05, 3.63) is 24.0 Å². The van der Waals surface area contributed by atoms with Crippen molar-refractivity contribution in [2.24, 2.45) is 10.9 Å². The van der Waals surface area contributed by atoms with E-state index in [9.17, 15) is 0 Å². The quantitative estimate of drug-likeness (QED) is 0.541. The normalized spacial score (nSPS) is 23.7. The number of aliphatic imine (C=N–C) groups is 1. The Hall–Kier alpha value is -1.09. The molecule has 0 aromatic carbocycles. The number of nitrogens with one attached hydrogen (secondary N) is 1. The van der Waals surface area contributed by atoms with Gasteiger partial charge in [-0.15, -0.1) is 0 Å². The maximum Gasteiger partial charge on any atom is 0.131 e. The molecule has 0 aromatic rings. The highest BCUT2D eigenvalue weighted by molar-refractivity contribution is 5.58. The molecule has 1 aliphatic carbocycles. The first kappa shape index (κ1) is 18.0. The van der Waals surface area contributed by atoms with Gasteiger partial charge >= 0.3 is 0 Å². The second-order valence-corrected chi connectivity index (χ2v) is 6.19. The average molecular weight is 291 g/mol. The largest absolute Gasteiger partial charge is 0.356 e. The summed E-state index contributed by atoms with van der Waals surface area (Å²) in [6.07, 6.45) is 8.65. The van der Waals surface area contributed by atoms with Gasteiger partial charge in [0, 0.05) is 25.3 Å². The van der Waals surface area contributed by atoms with Gasteiger partial charge in [0.15, 0.2) is 0 Å². The van der Waals surface area contributed by atoms with E-state index in [0.717, 1.165) is 18.8 Å². The molecule has 0 saturated heterocycles. The summed E-state index contributed by atoms with van der Waals surface area (Å²) in [5.74, 6) is 1.55. The van der Waals surface area contributed by atoms with Crippen LogP contribution in [-0.2, 0) is 0 Å². The summed E-state index contributed by atoms with van der Waals surface area (Å²) in [7, 11) is 2.19. The summed E-state index contributed by atoms with van der Waals surface area (Å²) < 4.78 is 0. The van der Waals surface area contributed by atoms with Crippen LogP contribution in [0.3, 0.4) is 0 Å². The van der Waals surface area contributed by atoms with Gasteiger partial charge in [0.25, 0.3) is 0 Å². The maximum atomic E-state index is 4.74. The maximum absolute atomic E-state index is 4.74. The SMILES string of the molecule is C=C/C(=C(/N=CCC)N(C)[C@@H]1CC[C@H](NCC)C1)C(C)C. The van der Waals surface area contributed by atoms with Crippen LogP contribution in [0.4, 0.5) is 0 Å². The topological polar surface area (TPSA) is 27.6 Å². The zero-order valence-electron chi connectivity index (χ0n) is 14.5. The van der Waals surface area contributed by atoms with Crippen molar-refractivity contribution >= 4 is 6.21 Å². The van der Waals surface area contributed by atoms with E-state index < -0.39 is 0 Å². The molecular formula is C18H33N3. The Bertz CT molecular complexity index is 382. The van der Waals surface area contributed by atoms with Gasteiger partial charge in [-0.1, -0.05) is 40.3 Å². The van der Waals surface area contributed by atoms with Gasteiger partial charge in [0.05, 0.1) is 0 Å². The van der Waals surface area contributed by atoms with Crippen LogP contribution in [0.15, 0.2) is 29.0 Å². The van der Waals surface area contributed by atoms with Crippen LogP contribution in [0, 0.1) is 5.92 Å². The molecule has 0 amide bonds. The smallest absolute Gasteiger partial charge is 0.131 e. The van der Waals surface area contributed by atoms with Gasteiger partial charge in [0.2, 0.25) is 0 Å². The number of nitrogens with zero attached hydrogens (tertiary/aromatic N) is 2. The summed E-state index contributed by atoms with van der Waals surface area (Å²) in [4.78, 5) is 7.11. The Morgan fingerprint density at radius 1 is 1.38 bits per heavy atom. The van der Waals surface area contributed by atoms with Gasteiger partial charge in [-0.05, 0) is 43.7 Å². The first-order chi connectivity index (χ1) is 10.0. The van der Waals surface area contributed by atoms with Gasteiger partial charge < -0.3 is 10.2 Å². The van der Waals surface area contributed by atoms with E-state index in [1.807, 2.05) is 12.3 Å². The van der Waals surface area contributed by atoms with E-state index in [4.69, 9.17) is 4.99 Å². The Balaban J connectivity index is 2.94. The lowest BCUT2D eigenvalue weighted by molar-refractivity contribution is 0.295. The summed E-state index contributed by atoms with van der Waals surface area (Å²) in [5.41, 5.74) is 1.24. The molecular weight excluding hydrogens is 258 g/mol. The summed E-state index contributed by atoms with van der Waals surface area (Å²) >= 11 is 0. The third-order valence-electron chi connectivity index (χ3n) is 4.28. The fourth-order valence-corrected chi connectivity index (χ4v) is 3.09. The van der Waals surface area contributed by atoms with Gasteiger partial charge in [-0.3, -0.25) is 0 Å². The van der Waals surface area contributed by atoms with Crippen molar-refractivity contribution in [2.75, 3.05) is 13.6 Å². The minimum Gasteiger partial charge on any atom is -0.356 e. The molecule has 0 aromatic heterocycles. The molecule has 0 heterocycles. The molecule has 21 heavy (non-hydrogen) atoms. The molecule has 1 fully saturated rings. The molecule has 1 aliphatic rings. The van der Waals surface area contributed by atoms with Crippen LogP contribution < -0.4 is 5.32 Å². The second kappa shape index (κ2) is 9.04. The van der Waals surface area contributed by atoms with Crippen molar-refractivity contribution in [1.82, 2.24) is 10.2 Å². The first-order valence-corrected chi connectivity index (χ1v) is 8.40. The summed E-state index contributed by atoms with van der Waals surface area (Å²) in [6, 6.07) is 1.23. The standard InChI is InChI=1S/C18H33N3/c1-7-12-20-18(17(8-2)14(4)5)21(6)16-11-10-15(13-16)19-9-3/h8,12,14-16,19H,2,7,9-11,13H2,1,3-6H3/b18-17+,20-12?/t15-,16+/m0/s1. The fourth-order valence-electron chi connectivity index (χ4n) is 3.09. The molecule has 1 saturated carbocycles. The predicted molar refractivity (Wildman–Crippen MR) is 93.7 cm³/mol. The molecule has 0 spiro atoms. The van der Waals surface area contributed by atoms with Crippen molar-refractivity contribution in [3.63, 3.8) is 0 Å². The zero-order chi connectivity index (χ0) is 15.8. The zero-order valence-corrected chi connectivity index (χ0v) is 14.5. The van der Waals surface area contributed by atoms with Crippen LogP contribution in [0.5, 0.6) is 0 Å². The lowest BCUT2D eigenvalue weighted by atomic mass is 10.0. The van der Waals surface area contributed by atoms with Gasteiger partial charge in [-0.25, -0.2) is 4.99 Å². The molecule has 0 radical (unpaired) electrons. The van der Waals surface area contributed by atoms with Gasteiger partial charge in [-0.2, -0.15) is 0 Å². The lowest BCUT2D eigenvalue weighted by Gasteiger charge is -2.29. The van der Waals surface area contributed by atoms with Crippen LogP contribution in [0.2, 0.25) is 0 Å². The number of allylic oxidation sites excluding steroid dienone is 2. The number of rotatable bonds is 8. The van der Waals surface area contributed by atoms with Crippen LogP contribution in [0.25, 0.3) is 0 Å². The fraction of sp³-hybridized carbons (Fsp3) is 0.722. The van der Waals surface area contributed by atoms with E-state index in [0.29, 0.717) is 18.0 Å². The molecule has 3 nitrogen and oxygen atoms in total. The van der Waals surface area contributed by atoms with E-state index >= 15 is 0 Å². The van der Waals surface area contributed by atoms with Crippen molar-refractivity contribution in [3.8, 4) is 0 Å². The van der Waals surface area contributed by atoms with Crippen LogP contribution in [-0.4, -0.2) is 36.8 Å². The van der Waals surface area contributed by atoms with Crippen molar-refractivity contribution in [1.29, 1.82) is 0 Å². The van der Waals surface area contributed by atoms with E-state index in [2.05, 4.69) is 51.5 Å². The van der Waals surface area contributed by atoms with Crippen LogP contribution in [0.1, 0.15) is 53.4 Å². The van der Waals surface area contributed by atoms with E-state index in [1.165, 1.54) is 24.8 Å². The second-order valence-electron chi connectivity index (χ2n) is 6.19. The molecule has 0 bridgehead atoms. The van der Waals surface area contributed by atoms with Crippen molar-refractivity contribution < 1.29 is 0 Å². The molecule has 1 rings (SSSR count). The summed E-state index contributed by atoms with van der Waals surface area (Å²) in [5, 5.41) is 3.58. The Labute approximate surface area is 131 Å². The van der Waals surface area contributed by atoms with E-state index in [-0.39, 0.29) is 0 Å². The molecule has 0 unspecified atom stereocenters. The number of hydrogen-bond donors (Lipinski definition) is 1. The van der Waals surface area contributed by atoms with Crippen LogP contribution >= 0.6 is 0 Å². The minimum atomic E-state index is 0.444. The summed E-state index contributed by atoms with van der Waals surface area (Å²) in [6.45, 7) is 13.8. The molecule has 3 heteroatoms. The minimum absolute atomic E-state index is 0.444. The monoisotopic (exact) mass is 291 g/mol. The Morgan fingerprint density at radius 2 is 2.10 bits per heavy atom. The average Bonchev–Trinajstić information content (AvgIpc) is 2.91. The highest BCUT2D eigenvalue weighted by atomic mass is 15.2. The highest BCUT2D eigenvalue weighted by Gasteiger charge is 2.28. The Morgan fingerprint density at radius 3 is 2.62 bits per heavy atom. The molecule has 2 atom stereocenters. The van der Waals surface area contributed by atoms with E-state index in [1.54, 1.807) is 0 Å².